The first-order valence-electron chi connectivity index (χ1n) is 9.85. The van der Waals surface area contributed by atoms with Gasteiger partial charge in [-0.2, -0.15) is 0 Å². The van der Waals surface area contributed by atoms with E-state index in [0.29, 0.717) is 27.7 Å². The quantitative estimate of drug-likeness (QED) is 0.519. The van der Waals surface area contributed by atoms with Crippen LogP contribution >= 0.6 is 11.3 Å². The van der Waals surface area contributed by atoms with Crippen molar-refractivity contribution in [2.75, 3.05) is 23.8 Å². The lowest BCUT2D eigenvalue weighted by Crippen LogP contribution is -2.32. The third-order valence-electron chi connectivity index (χ3n) is 4.75. The van der Waals surface area contributed by atoms with E-state index in [1.807, 2.05) is 0 Å². The van der Waals surface area contributed by atoms with E-state index >= 15 is 0 Å². The summed E-state index contributed by atoms with van der Waals surface area (Å²) >= 11 is 1.12. The van der Waals surface area contributed by atoms with Crippen molar-refractivity contribution in [3.05, 3.63) is 71.0 Å². The molecule has 0 radical (unpaired) electrons. The number of para-hydroxylation sites is 1. The van der Waals surface area contributed by atoms with Gasteiger partial charge in [0.25, 0.3) is 17.7 Å². The number of carbonyl (C=O) groups is 3. The minimum absolute atomic E-state index is 0.0339. The molecular weight excluding hydrogens is 418 g/mol. The van der Waals surface area contributed by atoms with Crippen LogP contribution in [0.25, 0.3) is 0 Å². The van der Waals surface area contributed by atoms with Crippen molar-refractivity contribution in [1.29, 1.82) is 0 Å². The summed E-state index contributed by atoms with van der Waals surface area (Å²) in [6.45, 7) is 1.16. The van der Waals surface area contributed by atoms with Gasteiger partial charge in [-0.25, -0.2) is 0 Å². The van der Waals surface area contributed by atoms with Gasteiger partial charge in [-0.05, 0) is 49.2 Å². The predicted octanol–water partition coefficient (Wildman–Crippen LogP) is 3.75. The number of benzene rings is 1. The molecule has 8 nitrogen and oxygen atoms in total. The fraction of sp³-hybridized carbons (Fsp3) is 0.227. The maximum atomic E-state index is 12.7. The van der Waals surface area contributed by atoms with Gasteiger partial charge in [0.1, 0.15) is 0 Å². The maximum Gasteiger partial charge on any atom is 0.291 e. The normalized spacial score (nSPS) is 15.4. The molecule has 0 aliphatic carbocycles. The van der Waals surface area contributed by atoms with Crippen LogP contribution in [0.5, 0.6) is 0 Å². The van der Waals surface area contributed by atoms with Crippen molar-refractivity contribution in [2.24, 2.45) is 0 Å². The molecule has 0 unspecified atom stereocenters. The van der Waals surface area contributed by atoms with Crippen molar-refractivity contribution < 1.29 is 23.5 Å². The summed E-state index contributed by atoms with van der Waals surface area (Å²) in [7, 11) is 0. The fourth-order valence-corrected chi connectivity index (χ4v) is 3.99. The average molecular weight is 439 g/mol. The molecule has 3 amide bonds. The van der Waals surface area contributed by atoms with Gasteiger partial charge in [-0.15, -0.1) is 11.3 Å². The van der Waals surface area contributed by atoms with Crippen LogP contribution in [-0.2, 0) is 4.74 Å². The number of ether oxygens (including phenoxy) is 1. The zero-order valence-electron chi connectivity index (χ0n) is 16.6. The van der Waals surface area contributed by atoms with E-state index in [4.69, 9.17) is 9.15 Å². The average Bonchev–Trinajstić information content (AvgIpc) is 3.55. The molecule has 1 aliphatic rings. The minimum Gasteiger partial charge on any atom is -0.459 e. The first kappa shape index (κ1) is 20.8. The number of thiophene rings is 1. The number of nitrogens with one attached hydrogen (secondary N) is 3. The van der Waals surface area contributed by atoms with Crippen LogP contribution in [0, 0.1) is 0 Å². The second-order valence-corrected chi connectivity index (χ2v) is 8.02. The minimum atomic E-state index is -0.396. The second kappa shape index (κ2) is 9.59. The van der Waals surface area contributed by atoms with Crippen LogP contribution in [-0.4, -0.2) is 37.0 Å². The predicted molar refractivity (Wildman–Crippen MR) is 117 cm³/mol. The smallest absolute Gasteiger partial charge is 0.291 e. The molecule has 1 aromatic carbocycles. The van der Waals surface area contributed by atoms with Gasteiger partial charge in [0, 0.05) is 13.2 Å². The third-order valence-corrected chi connectivity index (χ3v) is 5.75. The molecule has 1 saturated heterocycles. The number of anilines is 2. The topological polar surface area (TPSA) is 110 Å². The Bertz CT molecular complexity index is 1070. The summed E-state index contributed by atoms with van der Waals surface area (Å²) in [4.78, 5) is 37.8. The molecule has 9 heteroatoms. The molecule has 0 bridgehead atoms. The second-order valence-electron chi connectivity index (χ2n) is 6.94. The first-order chi connectivity index (χ1) is 15.1. The van der Waals surface area contributed by atoms with Gasteiger partial charge in [0.15, 0.2) is 5.76 Å². The lowest BCUT2D eigenvalue weighted by molar-refractivity contribution is 0.0858. The Hall–Kier alpha value is -3.43. The van der Waals surface area contributed by atoms with Crippen LogP contribution in [0.15, 0.2) is 59.2 Å². The summed E-state index contributed by atoms with van der Waals surface area (Å²) < 4.78 is 10.6. The molecule has 0 saturated carbocycles. The van der Waals surface area contributed by atoms with Gasteiger partial charge in [-0.3, -0.25) is 14.4 Å². The van der Waals surface area contributed by atoms with Crippen molar-refractivity contribution in [3.63, 3.8) is 0 Å². The molecule has 0 spiro atoms. The molecule has 4 rings (SSSR count). The van der Waals surface area contributed by atoms with Gasteiger partial charge in [0.2, 0.25) is 0 Å². The largest absolute Gasteiger partial charge is 0.459 e. The molecule has 3 heterocycles. The molecule has 1 fully saturated rings. The third kappa shape index (κ3) is 5.19. The SMILES string of the molecule is O=C(Nc1ccc(C(=O)Nc2ccccc2C(=O)NC[C@H]2CCCO2)s1)c1ccco1. The number of carbonyl (C=O) groups excluding carboxylic acids is 3. The summed E-state index contributed by atoms with van der Waals surface area (Å²) in [6, 6.07) is 13.2. The Balaban J connectivity index is 1.39. The molecule has 1 aliphatic heterocycles. The van der Waals surface area contributed by atoms with E-state index in [1.165, 1.54) is 6.26 Å². The molecule has 3 N–H and O–H groups in total. The maximum absolute atomic E-state index is 12.7. The molecule has 31 heavy (non-hydrogen) atoms. The monoisotopic (exact) mass is 439 g/mol. The summed E-state index contributed by atoms with van der Waals surface area (Å²) in [5.74, 6) is -0.860. The van der Waals surface area contributed by atoms with Crippen LogP contribution in [0.3, 0.4) is 0 Å². The highest BCUT2D eigenvalue weighted by Gasteiger charge is 2.19. The van der Waals surface area contributed by atoms with Crippen molar-refractivity contribution in [2.45, 2.75) is 18.9 Å². The van der Waals surface area contributed by atoms with Gasteiger partial charge >= 0.3 is 0 Å². The lowest BCUT2D eigenvalue weighted by Gasteiger charge is -2.13. The zero-order chi connectivity index (χ0) is 21.6. The number of furan rings is 1. The van der Waals surface area contributed by atoms with Crippen molar-refractivity contribution in [1.82, 2.24) is 5.32 Å². The highest BCUT2D eigenvalue weighted by Crippen LogP contribution is 2.24. The van der Waals surface area contributed by atoms with E-state index in [0.717, 1.165) is 30.8 Å². The Kier molecular flexibility index (Phi) is 6.44. The van der Waals surface area contributed by atoms with Crippen molar-refractivity contribution in [3.8, 4) is 0 Å². The molecular formula is C22H21N3O5S. The van der Waals surface area contributed by atoms with Crippen LogP contribution in [0.4, 0.5) is 10.7 Å². The molecule has 3 aromatic rings. The van der Waals surface area contributed by atoms with Crippen LogP contribution < -0.4 is 16.0 Å². The van der Waals surface area contributed by atoms with E-state index in [9.17, 15) is 14.4 Å². The van der Waals surface area contributed by atoms with E-state index in [2.05, 4.69) is 16.0 Å². The lowest BCUT2D eigenvalue weighted by atomic mass is 10.1. The summed E-state index contributed by atoms with van der Waals surface area (Å²) in [5, 5.41) is 8.84. The molecule has 1 atom stereocenters. The van der Waals surface area contributed by atoms with Crippen molar-refractivity contribution >= 4 is 39.7 Å². The number of rotatable bonds is 7. The van der Waals surface area contributed by atoms with Gasteiger partial charge in [0.05, 0.1) is 33.5 Å². The Labute approximate surface area is 182 Å². The van der Waals surface area contributed by atoms with Crippen LogP contribution in [0.1, 0.15) is 43.4 Å². The fourth-order valence-electron chi connectivity index (χ4n) is 3.19. The standard InChI is InChI=1S/C22H21N3O5S/c26-20(23-13-14-5-3-11-29-14)15-6-1-2-7-16(15)24-22(28)18-9-10-19(31-18)25-21(27)17-8-4-12-30-17/h1-2,4,6-10,12,14H,3,5,11,13H2,(H,23,26)(H,24,28)(H,25,27)/t14-/m1/s1. The number of hydrogen-bond donors (Lipinski definition) is 3. The van der Waals surface area contributed by atoms with E-state index < -0.39 is 5.91 Å². The summed E-state index contributed by atoms with van der Waals surface area (Å²) in [5.41, 5.74) is 0.781. The molecule has 2 aromatic heterocycles. The Morgan fingerprint density at radius 2 is 1.84 bits per heavy atom. The number of hydrogen-bond acceptors (Lipinski definition) is 6. The first-order valence-corrected chi connectivity index (χ1v) is 10.7. The Morgan fingerprint density at radius 1 is 0.968 bits per heavy atom. The van der Waals surface area contributed by atoms with Gasteiger partial charge < -0.3 is 25.1 Å². The highest BCUT2D eigenvalue weighted by molar-refractivity contribution is 7.18. The number of amides is 3. The molecule has 160 valence electrons. The van der Waals surface area contributed by atoms with Gasteiger partial charge in [-0.1, -0.05) is 12.1 Å². The Morgan fingerprint density at radius 3 is 2.61 bits per heavy atom. The summed E-state index contributed by atoms with van der Waals surface area (Å²) in [6.07, 6.45) is 3.37. The van der Waals surface area contributed by atoms with E-state index in [1.54, 1.807) is 48.5 Å². The van der Waals surface area contributed by atoms with E-state index in [-0.39, 0.29) is 23.7 Å². The van der Waals surface area contributed by atoms with Crippen LogP contribution in [0.2, 0.25) is 0 Å². The highest BCUT2D eigenvalue weighted by atomic mass is 32.1. The zero-order valence-corrected chi connectivity index (χ0v) is 17.4.